The number of aromatic nitrogens is 1. The summed E-state index contributed by atoms with van der Waals surface area (Å²) in [5, 5.41) is 7.70. The topological polar surface area (TPSA) is 76.4 Å². The molecule has 4 rings (SSSR count). The number of aryl methyl sites for hydroxylation is 2. The van der Waals surface area contributed by atoms with Gasteiger partial charge in [0.1, 0.15) is 22.8 Å². The fraction of sp³-hybridized carbons (Fsp3) is 0.214. The highest BCUT2D eigenvalue weighted by Gasteiger charge is 2.10. The Morgan fingerprint density at radius 2 is 1.76 bits per heavy atom. The lowest BCUT2D eigenvalue weighted by Gasteiger charge is -2.11. The maximum atomic E-state index is 9.70. The van der Waals surface area contributed by atoms with Gasteiger partial charge in [0.25, 0.3) is 0 Å². The predicted molar refractivity (Wildman–Crippen MR) is 139 cm³/mol. The third-order valence-electron chi connectivity index (χ3n) is 5.47. The Bertz CT molecular complexity index is 1370. The zero-order valence-electron chi connectivity index (χ0n) is 20.5. The first-order valence-electron chi connectivity index (χ1n) is 11.1. The number of amides is 1. The highest BCUT2D eigenvalue weighted by Crippen LogP contribution is 2.33. The summed E-state index contributed by atoms with van der Waals surface area (Å²) in [6.07, 6.45) is 7.83. The molecular weight excluding hydrogens is 426 g/mol. The Kier molecular flexibility index (Phi) is 8.09. The van der Waals surface area contributed by atoms with Crippen molar-refractivity contribution in [3.8, 4) is 11.5 Å². The Morgan fingerprint density at radius 3 is 2.44 bits per heavy atom. The minimum atomic E-state index is 0.00463. The van der Waals surface area contributed by atoms with Crippen molar-refractivity contribution < 1.29 is 13.9 Å². The average Bonchev–Trinajstić information content (AvgIpc) is 3.12. The second-order valence-electron chi connectivity index (χ2n) is 7.75. The highest BCUT2D eigenvalue weighted by molar-refractivity contribution is 5.88. The monoisotopic (exact) mass is 457 g/mol. The molecule has 2 aromatic carbocycles. The molecule has 0 saturated heterocycles. The standard InChI is InChI=1S/C25H24N2O2.C3H7NO/c1-5-6-7-22(26-4)18-8-10-21-23(14-18)27-13-12-24(21)29-19-9-11-20-16(2)17(3)28-25(20)15-19;1-3(5)4-2/h5-15,26H,1-4H3;1-2H3,(H,4,5)/b6-5-,22-7-;. The van der Waals surface area contributed by atoms with Crippen LogP contribution in [0, 0.1) is 13.8 Å². The van der Waals surface area contributed by atoms with Gasteiger partial charge >= 0.3 is 0 Å². The SMILES string of the molecule is C/C=C\C=C(/NC)c1ccc2c(Oc3ccc4c(C)c(C)oc4c3)ccnc2c1.CNC(C)=O. The molecule has 0 radical (unpaired) electrons. The van der Waals surface area contributed by atoms with E-state index in [1.54, 1.807) is 13.2 Å². The molecule has 1 amide bonds. The number of rotatable bonds is 5. The molecule has 0 aliphatic carbocycles. The van der Waals surface area contributed by atoms with Crippen LogP contribution in [0.4, 0.5) is 0 Å². The minimum Gasteiger partial charge on any atom is -0.461 e. The first kappa shape index (κ1) is 24.6. The van der Waals surface area contributed by atoms with E-state index >= 15 is 0 Å². The van der Waals surface area contributed by atoms with Gasteiger partial charge in [0.05, 0.1) is 5.52 Å². The number of hydrogen-bond acceptors (Lipinski definition) is 5. The summed E-state index contributed by atoms with van der Waals surface area (Å²) in [6.45, 7) is 7.52. The van der Waals surface area contributed by atoms with Crippen molar-refractivity contribution >= 4 is 33.5 Å². The summed E-state index contributed by atoms with van der Waals surface area (Å²) in [6, 6.07) is 14.0. The highest BCUT2D eigenvalue weighted by atomic mass is 16.5. The van der Waals surface area contributed by atoms with Crippen LogP contribution in [0.3, 0.4) is 0 Å². The van der Waals surface area contributed by atoms with Crippen LogP contribution in [-0.2, 0) is 4.79 Å². The van der Waals surface area contributed by atoms with E-state index in [1.165, 1.54) is 12.5 Å². The van der Waals surface area contributed by atoms with Crippen LogP contribution in [0.2, 0.25) is 0 Å². The van der Waals surface area contributed by atoms with E-state index in [-0.39, 0.29) is 5.91 Å². The number of carbonyl (C=O) groups is 1. The van der Waals surface area contributed by atoms with Gasteiger partial charge in [-0.25, -0.2) is 0 Å². The van der Waals surface area contributed by atoms with E-state index in [9.17, 15) is 4.79 Å². The van der Waals surface area contributed by atoms with E-state index in [0.717, 1.165) is 50.4 Å². The molecule has 0 spiro atoms. The molecule has 6 nitrogen and oxygen atoms in total. The molecule has 0 aliphatic heterocycles. The van der Waals surface area contributed by atoms with Gasteiger partial charge in [-0.3, -0.25) is 9.78 Å². The number of furan rings is 1. The van der Waals surface area contributed by atoms with E-state index in [1.807, 2.05) is 69.5 Å². The number of carbonyl (C=O) groups excluding carboxylic acids is 1. The molecule has 0 saturated carbocycles. The van der Waals surface area contributed by atoms with Crippen molar-refractivity contribution in [2.75, 3.05) is 14.1 Å². The lowest BCUT2D eigenvalue weighted by Crippen LogP contribution is -2.11. The molecule has 4 aromatic rings. The largest absolute Gasteiger partial charge is 0.461 e. The summed E-state index contributed by atoms with van der Waals surface area (Å²) < 4.78 is 12.0. The number of nitrogens with one attached hydrogen (secondary N) is 2. The van der Waals surface area contributed by atoms with Crippen LogP contribution in [0.25, 0.3) is 27.6 Å². The molecular formula is C28H31N3O3. The van der Waals surface area contributed by atoms with Crippen LogP contribution in [0.5, 0.6) is 11.5 Å². The van der Waals surface area contributed by atoms with Crippen LogP contribution in [0.15, 0.2) is 71.3 Å². The Balaban J connectivity index is 0.000000588. The van der Waals surface area contributed by atoms with Gasteiger partial charge < -0.3 is 19.8 Å². The molecule has 0 unspecified atom stereocenters. The van der Waals surface area contributed by atoms with Crippen molar-refractivity contribution in [1.29, 1.82) is 0 Å². The van der Waals surface area contributed by atoms with Crippen LogP contribution in [0.1, 0.15) is 30.7 Å². The molecule has 0 bridgehead atoms. The summed E-state index contributed by atoms with van der Waals surface area (Å²) in [5.41, 5.74) is 5.00. The molecule has 176 valence electrons. The lowest BCUT2D eigenvalue weighted by molar-refractivity contribution is -0.118. The van der Waals surface area contributed by atoms with Gasteiger partial charge in [0.2, 0.25) is 5.91 Å². The van der Waals surface area contributed by atoms with Crippen molar-refractivity contribution in [2.45, 2.75) is 27.7 Å². The fourth-order valence-corrected chi connectivity index (χ4v) is 3.41. The van der Waals surface area contributed by atoms with E-state index in [4.69, 9.17) is 9.15 Å². The maximum absolute atomic E-state index is 9.70. The summed E-state index contributed by atoms with van der Waals surface area (Å²) in [7, 11) is 3.52. The van der Waals surface area contributed by atoms with Gasteiger partial charge in [0.15, 0.2) is 0 Å². The van der Waals surface area contributed by atoms with Crippen molar-refractivity contribution in [1.82, 2.24) is 15.6 Å². The number of hydrogen-bond donors (Lipinski definition) is 2. The number of allylic oxidation sites excluding steroid dienone is 3. The van der Waals surface area contributed by atoms with E-state index in [0.29, 0.717) is 0 Å². The number of nitrogens with zero attached hydrogens (tertiary/aromatic N) is 1. The number of pyridine rings is 1. The Morgan fingerprint density at radius 1 is 1.03 bits per heavy atom. The summed E-state index contributed by atoms with van der Waals surface area (Å²) >= 11 is 0. The van der Waals surface area contributed by atoms with Crippen LogP contribution in [-0.4, -0.2) is 25.0 Å². The molecule has 2 N–H and O–H groups in total. The zero-order chi connectivity index (χ0) is 24.7. The number of ether oxygens (including phenoxy) is 1. The molecule has 0 atom stereocenters. The average molecular weight is 458 g/mol. The third-order valence-corrected chi connectivity index (χ3v) is 5.47. The molecule has 0 fully saturated rings. The smallest absolute Gasteiger partial charge is 0.216 e. The van der Waals surface area contributed by atoms with E-state index < -0.39 is 0 Å². The third kappa shape index (κ3) is 5.64. The predicted octanol–water partition coefficient (Wildman–Crippen LogP) is 6.28. The quantitative estimate of drug-likeness (QED) is 0.345. The van der Waals surface area contributed by atoms with Gasteiger partial charge in [-0.1, -0.05) is 18.2 Å². The van der Waals surface area contributed by atoms with E-state index in [2.05, 4.69) is 34.7 Å². The molecule has 0 aliphatic rings. The van der Waals surface area contributed by atoms with Gasteiger partial charge in [-0.15, -0.1) is 0 Å². The lowest BCUT2D eigenvalue weighted by atomic mass is 10.1. The first-order valence-corrected chi connectivity index (χ1v) is 11.1. The number of benzene rings is 2. The minimum absolute atomic E-state index is 0.00463. The molecule has 34 heavy (non-hydrogen) atoms. The fourth-order valence-electron chi connectivity index (χ4n) is 3.41. The Labute approximate surface area is 200 Å². The van der Waals surface area contributed by atoms with Crippen LogP contribution < -0.4 is 15.4 Å². The Hall–Kier alpha value is -4.06. The van der Waals surface area contributed by atoms with Crippen molar-refractivity contribution in [3.63, 3.8) is 0 Å². The van der Waals surface area contributed by atoms with Crippen molar-refractivity contribution in [2.24, 2.45) is 0 Å². The van der Waals surface area contributed by atoms with Gasteiger partial charge in [-0.05, 0) is 68.3 Å². The second-order valence-corrected chi connectivity index (χ2v) is 7.75. The normalized spacial score (nSPS) is 11.4. The molecule has 2 aromatic heterocycles. The van der Waals surface area contributed by atoms with Crippen LogP contribution >= 0.6 is 0 Å². The molecule has 2 heterocycles. The maximum Gasteiger partial charge on any atom is 0.216 e. The zero-order valence-corrected chi connectivity index (χ0v) is 20.5. The molecule has 6 heteroatoms. The summed E-state index contributed by atoms with van der Waals surface area (Å²) in [4.78, 5) is 14.2. The first-order chi connectivity index (χ1) is 16.4. The van der Waals surface area contributed by atoms with Gasteiger partial charge in [0, 0.05) is 49.8 Å². The second kappa shape index (κ2) is 11.2. The number of fused-ring (bicyclic) bond motifs is 2. The summed E-state index contributed by atoms with van der Waals surface area (Å²) in [5.74, 6) is 2.45. The van der Waals surface area contributed by atoms with Crippen molar-refractivity contribution in [3.05, 3.63) is 83.8 Å². The van der Waals surface area contributed by atoms with Gasteiger partial charge in [-0.2, -0.15) is 0 Å².